The van der Waals surface area contributed by atoms with Gasteiger partial charge in [-0.15, -0.1) is 0 Å². The first-order valence-corrected chi connectivity index (χ1v) is 3.89. The van der Waals surface area contributed by atoms with E-state index in [0.29, 0.717) is 0 Å². The summed E-state index contributed by atoms with van der Waals surface area (Å²) in [6.45, 7) is 0. The third-order valence-electron chi connectivity index (χ3n) is 1.70. The molecule has 1 rings (SSSR count). The van der Waals surface area contributed by atoms with Crippen molar-refractivity contribution in [2.45, 2.75) is 0 Å². The van der Waals surface area contributed by atoms with Crippen molar-refractivity contribution in [2.75, 3.05) is 5.32 Å². The third-order valence-corrected chi connectivity index (χ3v) is 1.70. The van der Waals surface area contributed by atoms with Gasteiger partial charge in [-0.3, -0.25) is 20.2 Å². The molecular weight excluding hydrogens is 223 g/mol. The Kier molecular flexibility index (Phi) is 3.14. The molecule has 0 radical (unpaired) electrons. The van der Waals surface area contributed by atoms with Gasteiger partial charge in [0.1, 0.15) is 5.69 Å². The molecule has 0 bridgehead atoms. The monoisotopic (exact) mass is 228 g/mol. The molecule has 0 saturated heterocycles. The summed E-state index contributed by atoms with van der Waals surface area (Å²) >= 11 is 0. The highest BCUT2D eigenvalue weighted by Gasteiger charge is 2.24. The molecule has 84 valence electrons. The summed E-state index contributed by atoms with van der Waals surface area (Å²) in [5.41, 5.74) is -2.12. The minimum Gasteiger partial charge on any atom is -0.465 e. The molecule has 16 heavy (non-hydrogen) atoms. The summed E-state index contributed by atoms with van der Waals surface area (Å²) < 4.78 is 13.3. The molecule has 0 aliphatic carbocycles. The molecule has 0 heterocycles. The fourth-order valence-electron chi connectivity index (χ4n) is 1.07. The number of nitro groups is 1. The van der Waals surface area contributed by atoms with Gasteiger partial charge in [-0.1, -0.05) is 0 Å². The largest absolute Gasteiger partial charge is 0.465 e. The van der Waals surface area contributed by atoms with Crippen molar-refractivity contribution in [1.82, 2.24) is 0 Å². The Bertz CT molecular complexity index is 474. The fourth-order valence-corrected chi connectivity index (χ4v) is 1.07. The van der Waals surface area contributed by atoms with E-state index in [1.54, 1.807) is 5.32 Å². The van der Waals surface area contributed by atoms with Gasteiger partial charge in [0.25, 0.3) is 0 Å². The second-order valence-corrected chi connectivity index (χ2v) is 2.67. The van der Waals surface area contributed by atoms with Crippen LogP contribution in [0.25, 0.3) is 0 Å². The van der Waals surface area contributed by atoms with Crippen LogP contribution in [0, 0.1) is 15.9 Å². The van der Waals surface area contributed by atoms with E-state index < -0.39 is 33.8 Å². The number of nitrogens with one attached hydrogen (secondary N) is 1. The van der Waals surface area contributed by atoms with E-state index in [0.717, 1.165) is 12.1 Å². The van der Waals surface area contributed by atoms with Crippen LogP contribution in [-0.4, -0.2) is 22.4 Å². The molecule has 0 saturated carbocycles. The number of amides is 1. The number of hydrogen-bond donors (Lipinski definition) is 2. The minimum absolute atomic E-state index is 0.104. The SMILES string of the molecule is O=Cc1ccc(NC(=O)O)c([N+](=O)[O-])c1F. The average molecular weight is 228 g/mol. The van der Waals surface area contributed by atoms with Crippen molar-refractivity contribution >= 4 is 23.8 Å². The number of carbonyl (C=O) groups is 2. The summed E-state index contributed by atoms with van der Waals surface area (Å²) in [4.78, 5) is 30.0. The molecule has 0 aliphatic heterocycles. The first kappa shape index (κ1) is 11.6. The Morgan fingerprint density at radius 1 is 1.56 bits per heavy atom. The number of benzene rings is 1. The summed E-state index contributed by atoms with van der Waals surface area (Å²) in [5, 5.41) is 20.5. The zero-order valence-corrected chi connectivity index (χ0v) is 7.64. The van der Waals surface area contributed by atoms with Gasteiger partial charge in [0.2, 0.25) is 5.82 Å². The molecule has 7 nitrogen and oxygen atoms in total. The molecule has 0 unspecified atom stereocenters. The standard InChI is InChI=1S/C8H5FN2O5/c9-6-4(3-12)1-2-5(10-8(13)14)7(6)11(15)16/h1-3,10H,(H,13,14). The number of aldehydes is 1. The molecule has 0 atom stereocenters. The van der Waals surface area contributed by atoms with Crippen LogP contribution in [0.3, 0.4) is 0 Å². The van der Waals surface area contributed by atoms with Crippen LogP contribution in [0.5, 0.6) is 0 Å². The number of rotatable bonds is 3. The number of carboxylic acid groups (broad SMARTS) is 1. The molecule has 8 heteroatoms. The molecule has 0 aliphatic rings. The maximum absolute atomic E-state index is 13.3. The second-order valence-electron chi connectivity index (χ2n) is 2.67. The maximum Gasteiger partial charge on any atom is 0.409 e. The molecule has 0 spiro atoms. The van der Waals surface area contributed by atoms with E-state index in [-0.39, 0.29) is 6.29 Å². The van der Waals surface area contributed by atoms with Gasteiger partial charge in [-0.05, 0) is 12.1 Å². The molecule has 0 aromatic heterocycles. The zero-order chi connectivity index (χ0) is 12.3. The van der Waals surface area contributed by atoms with Crippen LogP contribution in [-0.2, 0) is 0 Å². The van der Waals surface area contributed by atoms with Crippen LogP contribution in [0.2, 0.25) is 0 Å². The predicted molar refractivity (Wildman–Crippen MR) is 50.1 cm³/mol. The number of nitro benzene ring substituents is 1. The number of hydrogen-bond acceptors (Lipinski definition) is 4. The van der Waals surface area contributed by atoms with E-state index in [4.69, 9.17) is 5.11 Å². The van der Waals surface area contributed by atoms with Crippen LogP contribution < -0.4 is 5.32 Å². The Morgan fingerprint density at radius 3 is 2.62 bits per heavy atom. The highest BCUT2D eigenvalue weighted by atomic mass is 19.1. The Morgan fingerprint density at radius 2 is 2.19 bits per heavy atom. The Balaban J connectivity index is 3.40. The number of anilines is 1. The number of nitrogens with zero attached hydrogens (tertiary/aromatic N) is 1. The van der Waals surface area contributed by atoms with E-state index in [2.05, 4.69) is 0 Å². The topological polar surface area (TPSA) is 110 Å². The fraction of sp³-hybridized carbons (Fsp3) is 0. The van der Waals surface area contributed by atoms with Gasteiger partial charge in [-0.25, -0.2) is 4.79 Å². The smallest absolute Gasteiger partial charge is 0.409 e. The van der Waals surface area contributed by atoms with Crippen molar-refractivity contribution < 1.29 is 24.0 Å². The Hall–Kier alpha value is -2.51. The maximum atomic E-state index is 13.3. The van der Waals surface area contributed by atoms with Crippen LogP contribution in [0.4, 0.5) is 20.6 Å². The van der Waals surface area contributed by atoms with Gasteiger partial charge >= 0.3 is 11.8 Å². The highest BCUT2D eigenvalue weighted by molar-refractivity contribution is 5.88. The third kappa shape index (κ3) is 2.11. The van der Waals surface area contributed by atoms with Gasteiger partial charge < -0.3 is 5.11 Å². The predicted octanol–water partition coefficient (Wildman–Crippen LogP) is 1.64. The lowest BCUT2D eigenvalue weighted by Crippen LogP contribution is -2.10. The lowest BCUT2D eigenvalue weighted by molar-refractivity contribution is -0.386. The first-order valence-electron chi connectivity index (χ1n) is 3.89. The molecule has 1 amide bonds. The van der Waals surface area contributed by atoms with Gasteiger partial charge in [0, 0.05) is 0 Å². The highest BCUT2D eigenvalue weighted by Crippen LogP contribution is 2.29. The minimum atomic E-state index is -1.57. The van der Waals surface area contributed by atoms with E-state index in [9.17, 15) is 24.1 Å². The molecule has 2 N–H and O–H groups in total. The summed E-state index contributed by atoms with van der Waals surface area (Å²) in [6, 6.07) is 1.89. The molecular formula is C8H5FN2O5. The van der Waals surface area contributed by atoms with E-state index in [1.165, 1.54) is 0 Å². The van der Waals surface area contributed by atoms with Gasteiger partial charge in [0.15, 0.2) is 6.29 Å². The van der Waals surface area contributed by atoms with Crippen molar-refractivity contribution in [2.24, 2.45) is 0 Å². The molecule has 0 fully saturated rings. The summed E-state index contributed by atoms with van der Waals surface area (Å²) in [5.74, 6) is -1.37. The lowest BCUT2D eigenvalue weighted by Gasteiger charge is -2.04. The second kappa shape index (κ2) is 4.34. The molecule has 1 aromatic carbocycles. The van der Waals surface area contributed by atoms with Gasteiger partial charge in [-0.2, -0.15) is 4.39 Å². The number of carbonyl (C=O) groups excluding carboxylic acids is 1. The molecule has 1 aromatic rings. The van der Waals surface area contributed by atoms with Crippen molar-refractivity contribution in [3.8, 4) is 0 Å². The van der Waals surface area contributed by atoms with Crippen LogP contribution in [0.15, 0.2) is 12.1 Å². The number of halogens is 1. The van der Waals surface area contributed by atoms with Gasteiger partial charge in [0.05, 0.1) is 10.5 Å². The normalized spacial score (nSPS) is 9.56. The summed E-state index contributed by atoms with van der Waals surface area (Å²) in [6.07, 6.45) is -1.46. The van der Waals surface area contributed by atoms with Crippen molar-refractivity contribution in [3.05, 3.63) is 33.6 Å². The van der Waals surface area contributed by atoms with E-state index >= 15 is 0 Å². The first-order chi connectivity index (χ1) is 7.47. The quantitative estimate of drug-likeness (QED) is 0.464. The van der Waals surface area contributed by atoms with Crippen molar-refractivity contribution in [1.29, 1.82) is 0 Å². The van der Waals surface area contributed by atoms with Crippen LogP contribution in [0.1, 0.15) is 10.4 Å². The lowest BCUT2D eigenvalue weighted by atomic mass is 10.1. The summed E-state index contributed by atoms with van der Waals surface area (Å²) in [7, 11) is 0. The average Bonchev–Trinajstić information content (AvgIpc) is 2.16. The van der Waals surface area contributed by atoms with E-state index in [1.807, 2.05) is 0 Å². The zero-order valence-electron chi connectivity index (χ0n) is 7.64. The van der Waals surface area contributed by atoms with Crippen molar-refractivity contribution in [3.63, 3.8) is 0 Å². The Labute approximate surface area is 87.6 Å². The van der Waals surface area contributed by atoms with Crippen LogP contribution >= 0.6 is 0 Å².